The standard InChI is InChI=1S/C23H44O5.C11H10O.CH4/c1-3-4-5-6-7-8-9-10-11-12-13-14-15-16-17-18-23(26)28-20-22(25)19-27-21(2)24;1-12-11-7-6-9-4-2-3-5-10(9)8-11;/h22,25H,3-20H2,1-2H3;2-8H,1H3;1H4. The van der Waals surface area contributed by atoms with E-state index in [1.807, 2.05) is 24.3 Å². The van der Waals surface area contributed by atoms with Crippen molar-refractivity contribution in [2.24, 2.45) is 0 Å². The third kappa shape index (κ3) is 21.8. The number of benzene rings is 2. The van der Waals surface area contributed by atoms with E-state index in [1.54, 1.807) is 7.11 Å². The van der Waals surface area contributed by atoms with Crippen LogP contribution in [0.4, 0.5) is 0 Å². The van der Waals surface area contributed by atoms with Crippen molar-refractivity contribution in [1.29, 1.82) is 0 Å². The summed E-state index contributed by atoms with van der Waals surface area (Å²) in [6.07, 6.45) is 18.8. The van der Waals surface area contributed by atoms with Gasteiger partial charge >= 0.3 is 11.9 Å². The van der Waals surface area contributed by atoms with Crippen LogP contribution >= 0.6 is 0 Å². The molecule has 0 heterocycles. The zero-order chi connectivity index (χ0) is 29.3. The molecule has 0 aliphatic heterocycles. The molecule has 0 fully saturated rings. The van der Waals surface area contributed by atoms with Gasteiger partial charge in [0.05, 0.1) is 7.11 Å². The first-order valence-corrected chi connectivity index (χ1v) is 15.5. The number of fused-ring (bicyclic) bond motifs is 1. The van der Waals surface area contributed by atoms with Crippen molar-refractivity contribution in [3.63, 3.8) is 0 Å². The van der Waals surface area contributed by atoms with Gasteiger partial charge in [-0.05, 0) is 29.3 Å². The fraction of sp³-hybridized carbons (Fsp3) is 0.657. The van der Waals surface area contributed by atoms with Crippen LogP contribution in [0.15, 0.2) is 42.5 Å². The maximum absolute atomic E-state index is 11.6. The van der Waals surface area contributed by atoms with Crippen LogP contribution < -0.4 is 4.74 Å². The average Bonchev–Trinajstić information content (AvgIpc) is 2.97. The van der Waals surface area contributed by atoms with Crippen molar-refractivity contribution >= 4 is 22.7 Å². The summed E-state index contributed by atoms with van der Waals surface area (Å²) < 4.78 is 14.7. The molecular formula is C35H58O6. The van der Waals surface area contributed by atoms with E-state index in [0.29, 0.717) is 6.42 Å². The summed E-state index contributed by atoms with van der Waals surface area (Å²) >= 11 is 0. The molecule has 1 unspecified atom stereocenters. The molecule has 234 valence electrons. The first-order valence-electron chi connectivity index (χ1n) is 15.5. The number of aliphatic hydroxyl groups excluding tert-OH is 1. The predicted molar refractivity (Wildman–Crippen MR) is 170 cm³/mol. The third-order valence-corrected chi connectivity index (χ3v) is 6.86. The molecule has 0 radical (unpaired) electrons. The molecule has 0 aromatic heterocycles. The maximum atomic E-state index is 11.6. The largest absolute Gasteiger partial charge is 0.497 e. The van der Waals surface area contributed by atoms with E-state index in [4.69, 9.17) is 9.47 Å². The second-order valence-corrected chi connectivity index (χ2v) is 10.6. The molecule has 0 saturated heterocycles. The van der Waals surface area contributed by atoms with Crippen LogP contribution in [0.1, 0.15) is 124 Å². The summed E-state index contributed by atoms with van der Waals surface area (Å²) in [5, 5.41) is 12.0. The third-order valence-electron chi connectivity index (χ3n) is 6.86. The first kappa shape index (κ1) is 38.4. The summed E-state index contributed by atoms with van der Waals surface area (Å²) in [5.41, 5.74) is 0. The molecule has 1 N–H and O–H groups in total. The van der Waals surface area contributed by atoms with Gasteiger partial charge in [-0.25, -0.2) is 0 Å². The summed E-state index contributed by atoms with van der Waals surface area (Å²) in [6, 6.07) is 14.3. The molecule has 0 spiro atoms. The zero-order valence-corrected chi connectivity index (χ0v) is 25.3. The van der Waals surface area contributed by atoms with Gasteiger partial charge < -0.3 is 19.3 Å². The van der Waals surface area contributed by atoms with Gasteiger partial charge in [0.25, 0.3) is 0 Å². The second kappa shape index (κ2) is 26.3. The minimum Gasteiger partial charge on any atom is -0.497 e. The Labute approximate surface area is 250 Å². The summed E-state index contributed by atoms with van der Waals surface area (Å²) in [6.45, 7) is 3.28. The number of hydrogen-bond acceptors (Lipinski definition) is 6. The second-order valence-electron chi connectivity index (χ2n) is 10.6. The van der Waals surface area contributed by atoms with Gasteiger partial charge in [-0.2, -0.15) is 0 Å². The Bertz CT molecular complexity index is 912. The fourth-order valence-electron chi connectivity index (χ4n) is 4.46. The minimum absolute atomic E-state index is 0. The quantitative estimate of drug-likeness (QED) is 0.118. The number of methoxy groups -OCH3 is 1. The Morgan fingerprint density at radius 2 is 1.20 bits per heavy atom. The van der Waals surface area contributed by atoms with E-state index in [2.05, 4.69) is 29.9 Å². The average molecular weight is 575 g/mol. The first-order chi connectivity index (χ1) is 19.5. The van der Waals surface area contributed by atoms with Crippen LogP contribution in [0.3, 0.4) is 0 Å². The van der Waals surface area contributed by atoms with Gasteiger partial charge in [0.2, 0.25) is 0 Å². The van der Waals surface area contributed by atoms with Gasteiger partial charge in [-0.3, -0.25) is 9.59 Å². The lowest BCUT2D eigenvalue weighted by molar-refractivity contribution is -0.151. The summed E-state index contributed by atoms with van der Waals surface area (Å²) in [4.78, 5) is 22.2. The van der Waals surface area contributed by atoms with Crippen molar-refractivity contribution in [3.8, 4) is 5.75 Å². The normalized spacial score (nSPS) is 11.1. The molecule has 1 atom stereocenters. The number of carbonyl (C=O) groups excluding carboxylic acids is 2. The highest BCUT2D eigenvalue weighted by Gasteiger charge is 2.10. The fourth-order valence-corrected chi connectivity index (χ4v) is 4.46. The lowest BCUT2D eigenvalue weighted by atomic mass is 10.0. The lowest BCUT2D eigenvalue weighted by Crippen LogP contribution is -2.24. The van der Waals surface area contributed by atoms with E-state index in [-0.39, 0.29) is 26.6 Å². The number of esters is 2. The number of rotatable bonds is 21. The topological polar surface area (TPSA) is 82.1 Å². The van der Waals surface area contributed by atoms with Crippen molar-refractivity contribution in [2.75, 3.05) is 20.3 Å². The highest BCUT2D eigenvalue weighted by atomic mass is 16.6. The molecule has 0 bridgehead atoms. The highest BCUT2D eigenvalue weighted by Crippen LogP contribution is 2.19. The molecule has 2 aromatic carbocycles. The van der Waals surface area contributed by atoms with E-state index < -0.39 is 12.1 Å². The van der Waals surface area contributed by atoms with Gasteiger partial charge in [0.1, 0.15) is 25.1 Å². The van der Waals surface area contributed by atoms with Crippen LogP contribution in [0.5, 0.6) is 5.75 Å². The smallest absolute Gasteiger partial charge is 0.305 e. The Morgan fingerprint density at radius 3 is 1.71 bits per heavy atom. The molecule has 41 heavy (non-hydrogen) atoms. The predicted octanol–water partition coefficient (Wildman–Crippen LogP) is 9.20. The molecule has 2 aromatic rings. The number of unbranched alkanes of at least 4 members (excludes halogenated alkanes) is 14. The molecule has 0 saturated carbocycles. The molecule has 2 rings (SSSR count). The lowest BCUT2D eigenvalue weighted by Gasteiger charge is -2.11. The number of aliphatic hydroxyl groups is 1. The summed E-state index contributed by atoms with van der Waals surface area (Å²) in [7, 11) is 1.68. The van der Waals surface area contributed by atoms with Crippen molar-refractivity contribution in [2.45, 2.75) is 130 Å². The van der Waals surface area contributed by atoms with Crippen LogP contribution in [0.25, 0.3) is 10.8 Å². The monoisotopic (exact) mass is 574 g/mol. The van der Waals surface area contributed by atoms with E-state index in [9.17, 15) is 14.7 Å². The number of hydrogen-bond donors (Lipinski definition) is 1. The Kier molecular flexibility index (Phi) is 24.6. The van der Waals surface area contributed by atoms with E-state index >= 15 is 0 Å². The van der Waals surface area contributed by atoms with Crippen molar-refractivity contribution in [3.05, 3.63) is 42.5 Å². The molecule has 6 heteroatoms. The van der Waals surface area contributed by atoms with E-state index in [1.165, 1.54) is 101 Å². The SMILES string of the molecule is C.CCCCCCCCCCCCCCCCCC(=O)OCC(O)COC(C)=O.COc1ccc2ccccc2c1. The van der Waals surface area contributed by atoms with Crippen molar-refractivity contribution < 1.29 is 28.9 Å². The van der Waals surface area contributed by atoms with Crippen LogP contribution in [0, 0.1) is 0 Å². The Morgan fingerprint density at radius 1 is 0.707 bits per heavy atom. The maximum Gasteiger partial charge on any atom is 0.305 e. The van der Waals surface area contributed by atoms with E-state index in [0.717, 1.165) is 18.6 Å². The highest BCUT2D eigenvalue weighted by molar-refractivity contribution is 5.83. The van der Waals surface area contributed by atoms with Gasteiger partial charge in [0, 0.05) is 13.3 Å². The minimum atomic E-state index is -0.950. The zero-order valence-electron chi connectivity index (χ0n) is 25.3. The molecule has 0 aliphatic carbocycles. The summed E-state index contributed by atoms with van der Waals surface area (Å²) in [5.74, 6) is 0.161. The molecule has 0 amide bonds. The van der Waals surface area contributed by atoms with Gasteiger partial charge in [-0.15, -0.1) is 0 Å². The Balaban J connectivity index is 0.00000101. The number of ether oxygens (including phenoxy) is 3. The molecule has 6 nitrogen and oxygen atoms in total. The molecule has 0 aliphatic rings. The van der Waals surface area contributed by atoms with Crippen LogP contribution in [-0.4, -0.2) is 43.5 Å². The number of carbonyl (C=O) groups is 2. The van der Waals surface area contributed by atoms with Gasteiger partial charge in [-0.1, -0.05) is 135 Å². The molecular weight excluding hydrogens is 516 g/mol. The van der Waals surface area contributed by atoms with Crippen molar-refractivity contribution in [1.82, 2.24) is 0 Å². The van der Waals surface area contributed by atoms with Gasteiger partial charge in [0.15, 0.2) is 0 Å². The van der Waals surface area contributed by atoms with Crippen LogP contribution in [-0.2, 0) is 19.1 Å². The van der Waals surface area contributed by atoms with Crippen LogP contribution in [0.2, 0.25) is 0 Å². The Hall–Kier alpha value is -2.60.